The van der Waals surface area contributed by atoms with Crippen LogP contribution in [0.3, 0.4) is 0 Å². The Balaban J connectivity index is 2.30. The zero-order chi connectivity index (χ0) is 14.4. The maximum absolute atomic E-state index is 6.31. The molecule has 2 N–H and O–H groups in total. The lowest BCUT2D eigenvalue weighted by Gasteiger charge is -2.10. The van der Waals surface area contributed by atoms with E-state index in [9.17, 15) is 0 Å². The molecule has 0 aliphatic heterocycles. The first-order chi connectivity index (χ1) is 9.49. The van der Waals surface area contributed by atoms with Crippen molar-refractivity contribution in [1.82, 2.24) is 18.9 Å². The minimum absolute atomic E-state index is 0.319. The van der Waals surface area contributed by atoms with Crippen molar-refractivity contribution in [3.8, 4) is 11.4 Å². The van der Waals surface area contributed by atoms with E-state index in [-0.39, 0.29) is 0 Å². The Morgan fingerprint density at radius 1 is 1.20 bits per heavy atom. The van der Waals surface area contributed by atoms with Crippen molar-refractivity contribution in [3.05, 3.63) is 35.9 Å². The second-order valence-corrected chi connectivity index (χ2v) is 5.49. The second-order valence-electron chi connectivity index (χ2n) is 5.49. The first-order valence-electron chi connectivity index (χ1n) is 6.76. The van der Waals surface area contributed by atoms with Gasteiger partial charge >= 0.3 is 0 Å². The Morgan fingerprint density at radius 2 is 1.95 bits per heavy atom. The van der Waals surface area contributed by atoms with Gasteiger partial charge in [0.25, 0.3) is 0 Å². The van der Waals surface area contributed by atoms with E-state index in [2.05, 4.69) is 36.4 Å². The number of nitrogens with two attached hydrogens (primary N) is 1. The number of anilines is 1. The van der Waals surface area contributed by atoms with Gasteiger partial charge in [0.05, 0.1) is 18.2 Å². The van der Waals surface area contributed by atoms with Gasteiger partial charge in [-0.25, -0.2) is 9.97 Å². The Kier molecular flexibility index (Phi) is 2.78. The Morgan fingerprint density at radius 3 is 2.65 bits per heavy atom. The zero-order valence-corrected chi connectivity index (χ0v) is 12.3. The molecule has 0 bridgehead atoms. The molecule has 5 nitrogen and oxygen atoms in total. The van der Waals surface area contributed by atoms with E-state index in [0.717, 1.165) is 22.7 Å². The van der Waals surface area contributed by atoms with Crippen LogP contribution in [0, 0.1) is 13.8 Å². The van der Waals surface area contributed by atoms with Gasteiger partial charge in [0.15, 0.2) is 0 Å². The molecule has 0 radical (unpaired) electrons. The molecule has 3 aromatic heterocycles. The molecular formula is C15H19N5. The fourth-order valence-corrected chi connectivity index (χ4v) is 2.65. The van der Waals surface area contributed by atoms with Crippen LogP contribution in [0.1, 0.15) is 31.1 Å². The first-order valence-corrected chi connectivity index (χ1v) is 6.76. The van der Waals surface area contributed by atoms with Gasteiger partial charge < -0.3 is 10.3 Å². The lowest BCUT2D eigenvalue weighted by molar-refractivity contribution is 0.605. The second kappa shape index (κ2) is 4.37. The number of rotatable bonds is 2. The van der Waals surface area contributed by atoms with Gasteiger partial charge in [-0.1, -0.05) is 0 Å². The highest BCUT2D eigenvalue weighted by atomic mass is 15.1. The highest BCUT2D eigenvalue weighted by molar-refractivity contribution is 5.73. The minimum atomic E-state index is 0.319. The van der Waals surface area contributed by atoms with E-state index < -0.39 is 0 Å². The number of aromatic nitrogens is 4. The van der Waals surface area contributed by atoms with Crippen LogP contribution in [0.4, 0.5) is 5.82 Å². The average molecular weight is 269 g/mol. The van der Waals surface area contributed by atoms with Crippen LogP contribution < -0.4 is 5.73 Å². The van der Waals surface area contributed by atoms with Crippen LogP contribution in [0.2, 0.25) is 0 Å². The number of hydrogen-bond donors (Lipinski definition) is 1. The number of aryl methyl sites for hydroxylation is 2. The zero-order valence-electron chi connectivity index (χ0n) is 12.3. The SMILES string of the molecule is Cc1cc(C)n2c(N)c(-c3cncn3C(C)C)nc2c1. The van der Waals surface area contributed by atoms with Crippen molar-refractivity contribution < 1.29 is 0 Å². The molecule has 0 amide bonds. The summed E-state index contributed by atoms with van der Waals surface area (Å²) < 4.78 is 4.07. The molecule has 0 unspecified atom stereocenters. The van der Waals surface area contributed by atoms with E-state index in [1.165, 1.54) is 5.56 Å². The summed E-state index contributed by atoms with van der Waals surface area (Å²) in [6, 6.07) is 4.47. The van der Waals surface area contributed by atoms with Crippen LogP contribution in [-0.4, -0.2) is 18.9 Å². The van der Waals surface area contributed by atoms with Gasteiger partial charge in [-0.05, 0) is 45.4 Å². The molecule has 3 heterocycles. The summed E-state index contributed by atoms with van der Waals surface area (Å²) in [6.07, 6.45) is 3.64. The van der Waals surface area contributed by atoms with Crippen LogP contribution in [0.5, 0.6) is 0 Å². The molecule has 5 heteroatoms. The molecule has 104 valence electrons. The summed E-state index contributed by atoms with van der Waals surface area (Å²) in [5.74, 6) is 0.667. The first kappa shape index (κ1) is 12.7. The predicted octanol–water partition coefficient (Wildman–Crippen LogP) is 2.98. The standard InChI is InChI=1S/C15H19N5/c1-9(2)19-8-17-7-12(19)14-15(16)20-11(4)5-10(3)6-13(20)18-14/h5-9H,16H2,1-4H3. The Bertz CT molecular complexity index is 779. The molecule has 3 rings (SSSR count). The number of hydrogen-bond acceptors (Lipinski definition) is 3. The quantitative estimate of drug-likeness (QED) is 0.778. The van der Waals surface area contributed by atoms with Crippen molar-refractivity contribution in [2.45, 2.75) is 33.7 Å². The molecule has 0 atom stereocenters. The molecule has 0 fully saturated rings. The van der Waals surface area contributed by atoms with Gasteiger partial charge in [0.2, 0.25) is 0 Å². The minimum Gasteiger partial charge on any atom is -0.383 e. The van der Waals surface area contributed by atoms with Crippen molar-refractivity contribution in [1.29, 1.82) is 0 Å². The summed E-state index contributed by atoms with van der Waals surface area (Å²) >= 11 is 0. The van der Waals surface area contributed by atoms with Crippen LogP contribution in [0.25, 0.3) is 17.0 Å². The van der Waals surface area contributed by atoms with Gasteiger partial charge in [0, 0.05) is 11.7 Å². The smallest absolute Gasteiger partial charge is 0.139 e. The number of pyridine rings is 1. The number of nitrogens with zero attached hydrogens (tertiary/aromatic N) is 4. The lowest BCUT2D eigenvalue weighted by atomic mass is 10.2. The van der Waals surface area contributed by atoms with Gasteiger partial charge in [-0.15, -0.1) is 0 Å². The Hall–Kier alpha value is -2.30. The van der Waals surface area contributed by atoms with Crippen molar-refractivity contribution in [3.63, 3.8) is 0 Å². The maximum Gasteiger partial charge on any atom is 0.139 e. The third-order valence-corrected chi connectivity index (χ3v) is 3.55. The molecular weight excluding hydrogens is 250 g/mol. The van der Waals surface area contributed by atoms with Crippen molar-refractivity contribution in [2.24, 2.45) is 0 Å². The summed E-state index contributed by atoms with van der Waals surface area (Å²) in [6.45, 7) is 8.34. The third kappa shape index (κ3) is 1.78. The van der Waals surface area contributed by atoms with Crippen molar-refractivity contribution >= 4 is 11.5 Å². The molecule has 0 saturated carbocycles. The topological polar surface area (TPSA) is 61.1 Å². The van der Waals surface area contributed by atoms with E-state index >= 15 is 0 Å². The molecule has 0 spiro atoms. The normalized spacial score (nSPS) is 11.7. The van der Waals surface area contributed by atoms with Gasteiger partial charge in [-0.3, -0.25) is 4.40 Å². The molecule has 3 aromatic rings. The molecule has 0 saturated heterocycles. The summed E-state index contributed by atoms with van der Waals surface area (Å²) in [5, 5.41) is 0. The maximum atomic E-state index is 6.31. The van der Waals surface area contributed by atoms with E-state index in [1.54, 1.807) is 0 Å². The van der Waals surface area contributed by atoms with E-state index in [1.807, 2.05) is 29.9 Å². The Labute approximate surface area is 118 Å². The number of imidazole rings is 2. The summed E-state index contributed by atoms with van der Waals surface area (Å²) in [4.78, 5) is 8.93. The summed E-state index contributed by atoms with van der Waals surface area (Å²) in [7, 11) is 0. The lowest BCUT2D eigenvalue weighted by Crippen LogP contribution is -2.03. The predicted molar refractivity (Wildman–Crippen MR) is 80.7 cm³/mol. The van der Waals surface area contributed by atoms with Crippen LogP contribution >= 0.6 is 0 Å². The third-order valence-electron chi connectivity index (χ3n) is 3.55. The molecule has 0 aliphatic carbocycles. The van der Waals surface area contributed by atoms with Crippen molar-refractivity contribution in [2.75, 3.05) is 5.73 Å². The fourth-order valence-electron chi connectivity index (χ4n) is 2.65. The monoisotopic (exact) mass is 269 g/mol. The van der Waals surface area contributed by atoms with Gasteiger partial charge in [-0.2, -0.15) is 0 Å². The fraction of sp³-hybridized carbons (Fsp3) is 0.333. The van der Waals surface area contributed by atoms with E-state index in [0.29, 0.717) is 11.9 Å². The van der Waals surface area contributed by atoms with Crippen LogP contribution in [0.15, 0.2) is 24.7 Å². The highest BCUT2D eigenvalue weighted by Crippen LogP contribution is 2.29. The van der Waals surface area contributed by atoms with Crippen LogP contribution in [-0.2, 0) is 0 Å². The molecule has 0 aromatic carbocycles. The molecule has 0 aliphatic rings. The molecule has 20 heavy (non-hydrogen) atoms. The van der Waals surface area contributed by atoms with Gasteiger partial charge in [0.1, 0.15) is 17.2 Å². The largest absolute Gasteiger partial charge is 0.383 e. The summed E-state index contributed by atoms with van der Waals surface area (Å²) in [5.41, 5.74) is 11.2. The highest BCUT2D eigenvalue weighted by Gasteiger charge is 2.17. The van der Waals surface area contributed by atoms with E-state index in [4.69, 9.17) is 10.7 Å². The number of fused-ring (bicyclic) bond motifs is 1. The average Bonchev–Trinajstić information content (AvgIpc) is 2.93. The number of nitrogen functional groups attached to an aromatic ring is 1.